The van der Waals surface area contributed by atoms with Crippen LogP contribution in [0.4, 0.5) is 0 Å². The molecule has 2 heteroatoms. The Morgan fingerprint density at radius 3 is 1.70 bits per heavy atom. The predicted octanol–water partition coefficient (Wildman–Crippen LogP) is 9.76. The molecule has 0 aliphatic carbocycles. The Balaban J connectivity index is 1.60. The van der Waals surface area contributed by atoms with Crippen LogP contribution in [-0.4, -0.2) is 9.97 Å². The van der Waals surface area contributed by atoms with Crippen LogP contribution in [0.5, 0.6) is 0 Å². The van der Waals surface area contributed by atoms with Crippen LogP contribution in [0, 0.1) is 5.92 Å². The van der Waals surface area contributed by atoms with Crippen LogP contribution in [0.2, 0.25) is 0 Å². The minimum Gasteiger partial charge on any atom is -0.236 e. The summed E-state index contributed by atoms with van der Waals surface area (Å²) in [6.45, 7) is 6.95. The van der Waals surface area contributed by atoms with Gasteiger partial charge in [0.15, 0.2) is 5.82 Å². The molecule has 2 rings (SSSR count). The van der Waals surface area contributed by atoms with Crippen LogP contribution in [-0.2, 0) is 12.8 Å². The highest BCUT2D eigenvalue weighted by Crippen LogP contribution is 2.18. The summed E-state index contributed by atoms with van der Waals surface area (Å²) in [6, 6.07) is 8.90. The normalized spacial score (nSPS) is 12.2. The Morgan fingerprint density at radius 2 is 1.12 bits per heavy atom. The number of benzene rings is 1. The van der Waals surface area contributed by atoms with Gasteiger partial charge in [0, 0.05) is 18.0 Å². The molecular formula is C31H50N2. The van der Waals surface area contributed by atoms with E-state index in [0.29, 0.717) is 0 Å². The van der Waals surface area contributed by atoms with Crippen molar-refractivity contribution in [3.63, 3.8) is 0 Å². The first kappa shape index (κ1) is 27.5. The summed E-state index contributed by atoms with van der Waals surface area (Å²) in [4.78, 5) is 9.28. The van der Waals surface area contributed by atoms with Gasteiger partial charge >= 0.3 is 0 Å². The topological polar surface area (TPSA) is 25.8 Å². The number of unbranched alkanes of at least 4 members (excludes halogenated alkanes) is 11. The lowest BCUT2D eigenvalue weighted by Crippen LogP contribution is -1.94. The number of hydrogen-bond donors (Lipinski definition) is 0. The number of aromatic nitrogens is 2. The molecule has 0 aliphatic rings. The largest absolute Gasteiger partial charge is 0.236 e. The smallest absolute Gasteiger partial charge is 0.159 e. The van der Waals surface area contributed by atoms with Gasteiger partial charge in [0.2, 0.25) is 0 Å². The maximum atomic E-state index is 4.64. The highest BCUT2D eigenvalue weighted by atomic mass is 14.9. The van der Waals surface area contributed by atoms with Crippen LogP contribution in [0.15, 0.2) is 36.7 Å². The molecule has 0 saturated carbocycles. The fraction of sp³-hybridized carbons (Fsp3) is 0.677. The minimum atomic E-state index is 0.849. The van der Waals surface area contributed by atoms with E-state index >= 15 is 0 Å². The van der Waals surface area contributed by atoms with E-state index in [2.05, 4.69) is 55.0 Å². The Bertz CT molecular complexity index is 705. The van der Waals surface area contributed by atoms with Crippen LogP contribution in [0.1, 0.15) is 128 Å². The molecule has 2 aromatic rings. The summed E-state index contributed by atoms with van der Waals surface area (Å²) < 4.78 is 0. The second kappa shape index (κ2) is 17.7. The highest BCUT2D eigenvalue weighted by Gasteiger charge is 2.03. The van der Waals surface area contributed by atoms with Gasteiger partial charge in [-0.2, -0.15) is 0 Å². The number of nitrogens with zero attached hydrogens (tertiary/aromatic N) is 2. The SMILES string of the molecule is CCCCCCCCCCc1ccc(-c2ncc(CCCCCCCC(C)CC)cn2)cc1. The first-order valence-electron chi connectivity index (χ1n) is 14.1. The van der Waals surface area contributed by atoms with Crippen molar-refractivity contribution in [2.24, 2.45) is 5.92 Å². The maximum Gasteiger partial charge on any atom is 0.159 e. The van der Waals surface area contributed by atoms with Crippen molar-refractivity contribution in [3.05, 3.63) is 47.8 Å². The third kappa shape index (κ3) is 12.4. The number of aryl methyl sites for hydroxylation is 2. The van der Waals surface area contributed by atoms with Crippen molar-refractivity contribution in [2.75, 3.05) is 0 Å². The number of rotatable bonds is 19. The van der Waals surface area contributed by atoms with Gasteiger partial charge in [-0.3, -0.25) is 0 Å². The van der Waals surface area contributed by atoms with Crippen molar-refractivity contribution >= 4 is 0 Å². The Morgan fingerprint density at radius 1 is 0.606 bits per heavy atom. The highest BCUT2D eigenvalue weighted by molar-refractivity contribution is 5.55. The van der Waals surface area contributed by atoms with Crippen molar-refractivity contribution in [1.29, 1.82) is 0 Å². The lowest BCUT2D eigenvalue weighted by Gasteiger charge is -2.07. The Labute approximate surface area is 205 Å². The summed E-state index contributed by atoms with van der Waals surface area (Å²) in [5.41, 5.74) is 3.83. The van der Waals surface area contributed by atoms with Crippen LogP contribution >= 0.6 is 0 Å². The summed E-state index contributed by atoms with van der Waals surface area (Å²) in [5.74, 6) is 1.74. The van der Waals surface area contributed by atoms with Gasteiger partial charge in [0.05, 0.1) is 0 Å². The lowest BCUT2D eigenvalue weighted by molar-refractivity contribution is 0.472. The second-order valence-corrected chi connectivity index (χ2v) is 10.2. The van der Waals surface area contributed by atoms with Crippen LogP contribution in [0.25, 0.3) is 11.4 Å². The zero-order chi connectivity index (χ0) is 23.6. The summed E-state index contributed by atoms with van der Waals surface area (Å²) >= 11 is 0. The molecule has 1 aromatic heterocycles. The molecule has 0 N–H and O–H groups in total. The zero-order valence-corrected chi connectivity index (χ0v) is 22.0. The van der Waals surface area contributed by atoms with Gasteiger partial charge in [0.1, 0.15) is 0 Å². The van der Waals surface area contributed by atoms with Gasteiger partial charge in [-0.15, -0.1) is 0 Å². The molecule has 1 unspecified atom stereocenters. The van der Waals surface area contributed by atoms with E-state index < -0.39 is 0 Å². The number of hydrogen-bond acceptors (Lipinski definition) is 2. The molecule has 2 nitrogen and oxygen atoms in total. The fourth-order valence-corrected chi connectivity index (χ4v) is 4.47. The van der Waals surface area contributed by atoms with Crippen LogP contribution in [0.3, 0.4) is 0 Å². The summed E-state index contributed by atoms with van der Waals surface area (Å²) in [6.07, 6.45) is 26.8. The fourth-order valence-electron chi connectivity index (χ4n) is 4.47. The molecule has 0 radical (unpaired) electrons. The first-order valence-corrected chi connectivity index (χ1v) is 14.1. The van der Waals surface area contributed by atoms with E-state index in [9.17, 15) is 0 Å². The second-order valence-electron chi connectivity index (χ2n) is 10.2. The summed E-state index contributed by atoms with van der Waals surface area (Å²) in [7, 11) is 0. The summed E-state index contributed by atoms with van der Waals surface area (Å²) in [5, 5.41) is 0. The lowest BCUT2D eigenvalue weighted by atomic mass is 9.99. The third-order valence-corrected chi connectivity index (χ3v) is 7.10. The van der Waals surface area contributed by atoms with Crippen molar-refractivity contribution in [1.82, 2.24) is 9.97 Å². The molecule has 33 heavy (non-hydrogen) atoms. The van der Waals surface area contributed by atoms with E-state index in [0.717, 1.165) is 23.7 Å². The molecule has 0 fully saturated rings. The molecule has 0 spiro atoms. The molecule has 0 saturated heterocycles. The van der Waals surface area contributed by atoms with E-state index in [1.54, 1.807) is 0 Å². The Kier molecular flexibility index (Phi) is 14.8. The molecule has 1 atom stereocenters. The van der Waals surface area contributed by atoms with Crippen molar-refractivity contribution in [2.45, 2.75) is 130 Å². The van der Waals surface area contributed by atoms with Gasteiger partial charge in [-0.1, -0.05) is 129 Å². The molecular weight excluding hydrogens is 400 g/mol. The average molecular weight is 451 g/mol. The van der Waals surface area contributed by atoms with Crippen molar-refractivity contribution in [3.8, 4) is 11.4 Å². The zero-order valence-electron chi connectivity index (χ0n) is 22.0. The third-order valence-electron chi connectivity index (χ3n) is 7.10. The molecule has 0 bridgehead atoms. The minimum absolute atomic E-state index is 0.849. The molecule has 0 aliphatic heterocycles. The molecule has 184 valence electrons. The van der Waals surface area contributed by atoms with Crippen molar-refractivity contribution < 1.29 is 0 Å². The average Bonchev–Trinajstić information content (AvgIpc) is 2.85. The van der Waals surface area contributed by atoms with E-state index in [1.165, 1.54) is 114 Å². The molecule has 1 heterocycles. The quantitative estimate of drug-likeness (QED) is 0.199. The van der Waals surface area contributed by atoms with Gasteiger partial charge in [0.25, 0.3) is 0 Å². The molecule has 0 amide bonds. The van der Waals surface area contributed by atoms with Gasteiger partial charge < -0.3 is 0 Å². The van der Waals surface area contributed by atoms with E-state index in [1.807, 2.05) is 12.4 Å². The van der Waals surface area contributed by atoms with Gasteiger partial charge in [-0.05, 0) is 42.7 Å². The standard InChI is InChI=1S/C31H50N2/c1-4-6-7-8-9-10-13-16-19-28-21-23-30(24-22-28)31-32-25-29(26-33-31)20-17-14-11-12-15-18-27(3)5-2/h21-27H,4-20H2,1-3H3. The van der Waals surface area contributed by atoms with E-state index in [4.69, 9.17) is 0 Å². The predicted molar refractivity (Wildman–Crippen MR) is 145 cm³/mol. The molecule has 1 aromatic carbocycles. The first-order chi connectivity index (χ1) is 16.2. The van der Waals surface area contributed by atoms with Gasteiger partial charge in [-0.25, -0.2) is 9.97 Å². The monoisotopic (exact) mass is 450 g/mol. The maximum absolute atomic E-state index is 4.64. The van der Waals surface area contributed by atoms with E-state index in [-0.39, 0.29) is 0 Å². The Hall–Kier alpha value is -1.70. The van der Waals surface area contributed by atoms with Crippen LogP contribution < -0.4 is 0 Å².